The highest BCUT2D eigenvalue weighted by Gasteiger charge is 2.55. The normalized spacial score (nSPS) is 25.7. The Morgan fingerprint density at radius 2 is 1.34 bits per heavy atom. The molecule has 1 saturated heterocycles. The van der Waals surface area contributed by atoms with Crippen LogP contribution < -0.4 is 0 Å². The van der Waals surface area contributed by atoms with E-state index >= 15 is 0 Å². The molecule has 2 rings (SSSR count). The summed E-state index contributed by atoms with van der Waals surface area (Å²) >= 11 is 0. The maximum atomic E-state index is 13.0. The van der Waals surface area contributed by atoms with Crippen LogP contribution in [-0.2, 0) is 14.4 Å². The highest BCUT2D eigenvalue weighted by Crippen LogP contribution is 2.48. The van der Waals surface area contributed by atoms with Crippen LogP contribution in [0.15, 0.2) is 30.3 Å². The molecular weight excluding hydrogens is 506 g/mol. The topological polar surface area (TPSA) is 38.8 Å². The van der Waals surface area contributed by atoms with E-state index in [-0.39, 0.29) is 35.2 Å². The Labute approximate surface area is 254 Å². The lowest BCUT2D eigenvalue weighted by Crippen LogP contribution is -2.68. The zero-order valence-electron chi connectivity index (χ0n) is 28.0. The van der Waals surface area contributed by atoms with Crippen molar-refractivity contribution in [3.63, 3.8) is 0 Å². The molecular formula is C37H65NO3. The van der Waals surface area contributed by atoms with E-state index in [1.54, 1.807) is 0 Å². The number of nitrogens with zero attached hydrogens (tertiary/aromatic N) is 1. The minimum atomic E-state index is -0.230. The van der Waals surface area contributed by atoms with Crippen molar-refractivity contribution in [2.24, 2.45) is 5.92 Å². The number of rotatable bonds is 21. The molecule has 236 valence electrons. The van der Waals surface area contributed by atoms with Gasteiger partial charge in [-0.05, 0) is 45.6 Å². The summed E-state index contributed by atoms with van der Waals surface area (Å²) in [4.78, 5) is 19.7. The summed E-state index contributed by atoms with van der Waals surface area (Å²) in [6.45, 7) is 15.7. The summed E-state index contributed by atoms with van der Waals surface area (Å²) in [5, 5.41) is 2.28. The van der Waals surface area contributed by atoms with E-state index in [4.69, 9.17) is 9.57 Å². The molecule has 5 unspecified atom stereocenters. The first kappa shape index (κ1) is 35.8. The standard InChI is InChI=1S/C37H65NO3/c1-8-11-12-13-14-15-16-17-18-19-20-21-22-26-29-35(39)40-34-30-36(6,9-2)38(37(7,10-3)31(34)4)41-32(5)33-27-24-23-25-28-33/h23-25,27-28,31-32,34H,8-22,26,29-30H2,1-7H3. The zero-order chi connectivity index (χ0) is 30.1. The largest absolute Gasteiger partial charge is 0.462 e. The first-order valence-electron chi connectivity index (χ1n) is 17.4. The third-order valence-electron chi connectivity index (χ3n) is 10.2. The molecule has 41 heavy (non-hydrogen) atoms. The average Bonchev–Trinajstić information content (AvgIpc) is 2.98. The first-order chi connectivity index (χ1) is 19.7. The van der Waals surface area contributed by atoms with Crippen LogP contribution in [0.25, 0.3) is 0 Å². The van der Waals surface area contributed by atoms with Crippen LogP contribution in [0.1, 0.15) is 176 Å². The van der Waals surface area contributed by atoms with E-state index in [1.165, 1.54) is 82.6 Å². The predicted molar refractivity (Wildman–Crippen MR) is 174 cm³/mol. The van der Waals surface area contributed by atoms with Crippen LogP contribution >= 0.6 is 0 Å². The highest BCUT2D eigenvalue weighted by molar-refractivity contribution is 5.69. The fraction of sp³-hybridized carbons (Fsp3) is 0.811. The van der Waals surface area contributed by atoms with Gasteiger partial charge in [-0.1, -0.05) is 141 Å². The lowest BCUT2D eigenvalue weighted by Gasteiger charge is -2.59. The predicted octanol–water partition coefficient (Wildman–Crippen LogP) is 11.1. The van der Waals surface area contributed by atoms with Gasteiger partial charge in [0.25, 0.3) is 0 Å². The summed E-state index contributed by atoms with van der Waals surface area (Å²) in [7, 11) is 0. The maximum Gasteiger partial charge on any atom is 0.306 e. The molecule has 0 bridgehead atoms. The molecule has 0 aliphatic carbocycles. The third-order valence-corrected chi connectivity index (χ3v) is 10.2. The minimum Gasteiger partial charge on any atom is -0.462 e. The number of piperidine rings is 1. The van der Waals surface area contributed by atoms with Crippen LogP contribution in [0.5, 0.6) is 0 Å². The van der Waals surface area contributed by atoms with E-state index in [2.05, 4.69) is 77.8 Å². The second-order valence-electron chi connectivity index (χ2n) is 13.4. The molecule has 1 aromatic carbocycles. The van der Waals surface area contributed by atoms with Gasteiger partial charge in [0.15, 0.2) is 0 Å². The summed E-state index contributed by atoms with van der Waals surface area (Å²) < 4.78 is 6.23. The number of unbranched alkanes of at least 4 members (excludes halogenated alkanes) is 13. The SMILES string of the molecule is CCCCCCCCCCCCCCCCC(=O)OC1CC(C)(CC)N(OC(C)c2ccccc2)C(C)(CC)C1C. The number of hydrogen-bond acceptors (Lipinski definition) is 4. The molecule has 0 radical (unpaired) electrons. The van der Waals surface area contributed by atoms with Crippen LogP contribution in [0, 0.1) is 5.92 Å². The molecule has 0 aromatic heterocycles. The van der Waals surface area contributed by atoms with Crippen molar-refractivity contribution in [2.45, 2.75) is 187 Å². The van der Waals surface area contributed by atoms with Gasteiger partial charge in [-0.2, -0.15) is 5.06 Å². The Bertz CT molecular complexity index is 829. The molecule has 4 nitrogen and oxygen atoms in total. The van der Waals surface area contributed by atoms with E-state index in [1.807, 2.05) is 6.07 Å². The molecule has 1 heterocycles. The van der Waals surface area contributed by atoms with Crippen LogP contribution in [0.2, 0.25) is 0 Å². The van der Waals surface area contributed by atoms with Gasteiger partial charge < -0.3 is 4.74 Å². The molecule has 1 aliphatic heterocycles. The number of benzene rings is 1. The quantitative estimate of drug-likeness (QED) is 0.109. The van der Waals surface area contributed by atoms with Crippen LogP contribution in [0.4, 0.5) is 0 Å². The Hall–Kier alpha value is -1.39. The molecule has 1 aromatic rings. The van der Waals surface area contributed by atoms with Gasteiger partial charge in [0.05, 0.1) is 0 Å². The van der Waals surface area contributed by atoms with Crippen molar-refractivity contribution in [1.29, 1.82) is 0 Å². The summed E-state index contributed by atoms with van der Waals surface area (Å²) in [6.07, 6.45) is 21.6. The molecule has 0 spiro atoms. The number of esters is 1. The summed E-state index contributed by atoms with van der Waals surface area (Å²) in [5.74, 6) is 0.153. The van der Waals surface area contributed by atoms with E-state index in [0.717, 1.165) is 32.1 Å². The van der Waals surface area contributed by atoms with Crippen molar-refractivity contribution >= 4 is 5.97 Å². The second-order valence-corrected chi connectivity index (χ2v) is 13.4. The van der Waals surface area contributed by atoms with Gasteiger partial charge >= 0.3 is 5.97 Å². The van der Waals surface area contributed by atoms with Crippen LogP contribution in [-0.4, -0.2) is 28.2 Å². The maximum absolute atomic E-state index is 13.0. The molecule has 1 aliphatic rings. The third kappa shape index (κ3) is 11.3. The molecule has 0 saturated carbocycles. The lowest BCUT2D eigenvalue weighted by atomic mass is 9.69. The van der Waals surface area contributed by atoms with Gasteiger partial charge in [-0.15, -0.1) is 0 Å². The average molecular weight is 572 g/mol. The Kier molecular flexibility index (Phi) is 16.6. The van der Waals surface area contributed by atoms with E-state index in [0.29, 0.717) is 6.42 Å². The zero-order valence-corrected chi connectivity index (χ0v) is 28.0. The lowest BCUT2D eigenvalue weighted by molar-refractivity contribution is -0.336. The molecule has 5 atom stereocenters. The monoisotopic (exact) mass is 571 g/mol. The number of carbonyl (C=O) groups is 1. The van der Waals surface area contributed by atoms with E-state index in [9.17, 15) is 4.79 Å². The molecule has 0 N–H and O–H groups in total. The van der Waals surface area contributed by atoms with Crippen molar-refractivity contribution in [1.82, 2.24) is 5.06 Å². The van der Waals surface area contributed by atoms with Gasteiger partial charge in [0.1, 0.15) is 12.2 Å². The Morgan fingerprint density at radius 1 is 0.829 bits per heavy atom. The van der Waals surface area contributed by atoms with Gasteiger partial charge in [0, 0.05) is 29.8 Å². The number of hydroxylamine groups is 2. The fourth-order valence-electron chi connectivity index (χ4n) is 6.67. The van der Waals surface area contributed by atoms with E-state index < -0.39 is 0 Å². The molecule has 1 fully saturated rings. The van der Waals surface area contributed by atoms with Crippen molar-refractivity contribution < 1.29 is 14.4 Å². The summed E-state index contributed by atoms with van der Waals surface area (Å²) in [6, 6.07) is 10.4. The Balaban J connectivity index is 1.74. The van der Waals surface area contributed by atoms with Gasteiger partial charge in [-0.3, -0.25) is 9.63 Å². The minimum absolute atomic E-state index is 0.0234. The number of ether oxygens (including phenoxy) is 1. The highest BCUT2D eigenvalue weighted by atomic mass is 16.7. The Morgan fingerprint density at radius 3 is 1.83 bits per heavy atom. The number of hydrogen-bond donors (Lipinski definition) is 0. The van der Waals surface area contributed by atoms with Crippen molar-refractivity contribution in [3.8, 4) is 0 Å². The van der Waals surface area contributed by atoms with Crippen molar-refractivity contribution in [2.75, 3.05) is 0 Å². The van der Waals surface area contributed by atoms with Gasteiger partial charge in [-0.25, -0.2) is 0 Å². The number of carbonyl (C=O) groups excluding carboxylic acids is 1. The molecule has 4 heteroatoms. The van der Waals surface area contributed by atoms with Crippen molar-refractivity contribution in [3.05, 3.63) is 35.9 Å². The summed E-state index contributed by atoms with van der Waals surface area (Å²) in [5.41, 5.74) is 0.741. The second kappa shape index (κ2) is 19.0. The van der Waals surface area contributed by atoms with Gasteiger partial charge in [0.2, 0.25) is 0 Å². The van der Waals surface area contributed by atoms with Crippen LogP contribution in [0.3, 0.4) is 0 Å². The fourth-order valence-corrected chi connectivity index (χ4v) is 6.67. The first-order valence-corrected chi connectivity index (χ1v) is 17.4. The molecule has 0 amide bonds. The smallest absolute Gasteiger partial charge is 0.306 e.